The van der Waals surface area contributed by atoms with Crippen LogP contribution in [0.15, 0.2) is 122 Å². The minimum Gasteiger partial charge on any atom is -0.479 e. The van der Waals surface area contributed by atoms with Crippen LogP contribution in [0.4, 0.5) is 0 Å². The van der Waals surface area contributed by atoms with Crippen molar-refractivity contribution in [1.29, 1.82) is 0 Å². The van der Waals surface area contributed by atoms with Gasteiger partial charge in [-0.05, 0) is 122 Å². The van der Waals surface area contributed by atoms with Crippen molar-refractivity contribution in [2.75, 3.05) is 13.2 Å². The number of rotatable bonds is 48. The molecule has 1 saturated heterocycles. The molecular formula is C65H102O12. The molecule has 6 unspecified atom stereocenters. The lowest BCUT2D eigenvalue weighted by molar-refractivity contribution is -0.301. The van der Waals surface area contributed by atoms with Crippen LogP contribution < -0.4 is 0 Å². The van der Waals surface area contributed by atoms with Gasteiger partial charge in [0.15, 0.2) is 24.6 Å². The molecule has 1 fully saturated rings. The molecule has 1 aliphatic heterocycles. The van der Waals surface area contributed by atoms with Gasteiger partial charge in [-0.15, -0.1) is 0 Å². The van der Waals surface area contributed by atoms with Crippen molar-refractivity contribution in [3.63, 3.8) is 0 Å². The molecule has 1 rings (SSSR count). The second-order valence-electron chi connectivity index (χ2n) is 19.5. The summed E-state index contributed by atoms with van der Waals surface area (Å²) in [6.45, 7) is 5.68. The summed E-state index contributed by atoms with van der Waals surface area (Å²) >= 11 is 0. The average Bonchev–Trinajstić information content (AvgIpc) is 3.42. The molecule has 434 valence electrons. The Hall–Kier alpha value is -4.88. The van der Waals surface area contributed by atoms with E-state index in [4.69, 9.17) is 23.7 Å². The zero-order valence-corrected chi connectivity index (χ0v) is 47.7. The predicted octanol–water partition coefficient (Wildman–Crippen LogP) is 15.2. The Morgan fingerprint density at radius 3 is 1.30 bits per heavy atom. The van der Waals surface area contributed by atoms with Gasteiger partial charge in [0.2, 0.25) is 0 Å². The van der Waals surface area contributed by atoms with Gasteiger partial charge in [0.05, 0.1) is 6.61 Å². The fourth-order valence-electron chi connectivity index (χ4n) is 8.03. The van der Waals surface area contributed by atoms with Gasteiger partial charge in [-0.2, -0.15) is 0 Å². The Labute approximate surface area is 465 Å². The zero-order chi connectivity index (χ0) is 56.1. The molecule has 6 atom stereocenters. The first-order valence-corrected chi connectivity index (χ1v) is 29.5. The van der Waals surface area contributed by atoms with Gasteiger partial charge in [-0.3, -0.25) is 14.4 Å². The second kappa shape index (κ2) is 51.9. The van der Waals surface area contributed by atoms with E-state index in [9.17, 15) is 34.5 Å². The van der Waals surface area contributed by atoms with E-state index in [0.29, 0.717) is 25.7 Å². The first-order chi connectivity index (χ1) is 37.6. The van der Waals surface area contributed by atoms with Crippen LogP contribution in [0.1, 0.15) is 213 Å². The van der Waals surface area contributed by atoms with Gasteiger partial charge in [-0.25, -0.2) is 4.79 Å². The van der Waals surface area contributed by atoms with E-state index in [1.807, 2.05) is 12.2 Å². The van der Waals surface area contributed by atoms with Crippen LogP contribution in [-0.2, 0) is 42.9 Å². The smallest absolute Gasteiger partial charge is 0.335 e. The number of aliphatic carboxylic acids is 1. The molecule has 0 spiro atoms. The van der Waals surface area contributed by atoms with Crippen molar-refractivity contribution < 1.29 is 58.2 Å². The number of hydrogen-bond donors (Lipinski definition) is 3. The maximum Gasteiger partial charge on any atom is 0.335 e. The summed E-state index contributed by atoms with van der Waals surface area (Å²) in [5.41, 5.74) is 0. The third-order valence-electron chi connectivity index (χ3n) is 12.5. The molecule has 0 amide bonds. The van der Waals surface area contributed by atoms with E-state index in [1.165, 1.54) is 25.7 Å². The van der Waals surface area contributed by atoms with Gasteiger partial charge in [0.1, 0.15) is 18.8 Å². The van der Waals surface area contributed by atoms with E-state index in [0.717, 1.165) is 122 Å². The SMILES string of the molecule is CC/C=C\C/C=C\C/C=C\C/C=C\C/C=C\CCCC(=O)OC1C(OCC(COC(=O)CCCCCC/C=C\C/C=C\C/C=C\C/C=C\CC)OC(=O)CCCCCCC/C=C\CCCCCC)OC(C(=O)O)C(O)C1O. The Morgan fingerprint density at radius 1 is 0.442 bits per heavy atom. The molecular weight excluding hydrogens is 973 g/mol. The van der Waals surface area contributed by atoms with Gasteiger partial charge in [-0.1, -0.05) is 194 Å². The lowest BCUT2D eigenvalue weighted by Crippen LogP contribution is -2.61. The molecule has 77 heavy (non-hydrogen) atoms. The third kappa shape index (κ3) is 41.8. The Morgan fingerprint density at radius 2 is 0.831 bits per heavy atom. The number of carboxylic acids is 1. The van der Waals surface area contributed by atoms with E-state index < -0.39 is 67.3 Å². The van der Waals surface area contributed by atoms with Crippen molar-refractivity contribution in [2.45, 2.75) is 250 Å². The highest BCUT2D eigenvalue weighted by Crippen LogP contribution is 2.26. The highest BCUT2D eigenvalue weighted by molar-refractivity contribution is 5.74. The molecule has 0 saturated carbocycles. The molecule has 12 heteroatoms. The topological polar surface area (TPSA) is 175 Å². The fraction of sp³-hybridized carbons (Fsp3) is 0.631. The number of carboxylic acid groups (broad SMARTS) is 1. The Bertz CT molecular complexity index is 1800. The number of allylic oxidation sites excluding steroid dienone is 20. The molecule has 0 aromatic heterocycles. The number of hydrogen-bond acceptors (Lipinski definition) is 11. The van der Waals surface area contributed by atoms with Gasteiger partial charge < -0.3 is 39.0 Å². The van der Waals surface area contributed by atoms with Crippen molar-refractivity contribution >= 4 is 23.9 Å². The molecule has 0 bridgehead atoms. The molecule has 12 nitrogen and oxygen atoms in total. The standard InChI is InChI=1S/C65H102O12/c1-4-7-10-13-16-19-22-25-27-29-31-34-36-39-42-45-48-51-57(66)73-54-56(75-58(67)52-49-46-43-40-37-33-24-21-18-15-12-9-6-3)55-74-65-63(61(70)60(69)62(77-65)64(71)72)76-59(68)53-50-47-44-41-38-35-32-30-28-26-23-20-17-14-11-8-5-2/h7-8,10-11,16-17,19-21,24-28,31-32,34-35,41,44,56,60-63,65,69-70H,4-6,9,12-15,18,22-23,29-30,33,36-40,42-43,45-55H2,1-3H3,(H,71,72)/b10-7-,11-8-,19-16-,20-17-,24-21-,27-25-,28-26-,34-31-,35-32-,44-41-. The number of carbonyl (C=O) groups is 4. The van der Waals surface area contributed by atoms with E-state index in [-0.39, 0.29) is 25.9 Å². The number of carbonyl (C=O) groups excluding carboxylic acids is 3. The molecule has 1 heterocycles. The summed E-state index contributed by atoms with van der Waals surface area (Å²) in [7, 11) is 0. The maximum atomic E-state index is 13.1. The van der Waals surface area contributed by atoms with Crippen LogP contribution in [0.25, 0.3) is 0 Å². The van der Waals surface area contributed by atoms with E-state index in [1.54, 1.807) is 0 Å². The van der Waals surface area contributed by atoms with Crippen LogP contribution in [-0.4, -0.2) is 89.2 Å². The van der Waals surface area contributed by atoms with Crippen molar-refractivity contribution in [1.82, 2.24) is 0 Å². The minimum atomic E-state index is -1.93. The number of aliphatic hydroxyl groups excluding tert-OH is 2. The number of ether oxygens (including phenoxy) is 5. The molecule has 0 radical (unpaired) electrons. The average molecular weight is 1080 g/mol. The number of aliphatic hydroxyl groups is 2. The molecule has 0 aliphatic carbocycles. The number of unbranched alkanes of at least 4 members (excludes halogenated alkanes) is 14. The Balaban J connectivity index is 2.75. The molecule has 3 N–H and O–H groups in total. The van der Waals surface area contributed by atoms with Crippen LogP contribution in [0.2, 0.25) is 0 Å². The minimum absolute atomic E-state index is 0.0274. The lowest BCUT2D eigenvalue weighted by Gasteiger charge is -2.40. The fourth-order valence-corrected chi connectivity index (χ4v) is 8.03. The normalized spacial score (nSPS) is 18.9. The van der Waals surface area contributed by atoms with E-state index in [2.05, 4.69) is 130 Å². The first kappa shape index (κ1) is 70.1. The number of esters is 3. The quantitative estimate of drug-likeness (QED) is 0.0228. The monoisotopic (exact) mass is 1070 g/mol. The van der Waals surface area contributed by atoms with E-state index >= 15 is 0 Å². The van der Waals surface area contributed by atoms with Gasteiger partial charge >= 0.3 is 23.9 Å². The maximum absolute atomic E-state index is 13.1. The first-order valence-electron chi connectivity index (χ1n) is 29.5. The van der Waals surface area contributed by atoms with Crippen LogP contribution in [0.5, 0.6) is 0 Å². The van der Waals surface area contributed by atoms with Crippen molar-refractivity contribution in [3.05, 3.63) is 122 Å². The summed E-state index contributed by atoms with van der Waals surface area (Å²) in [4.78, 5) is 51.1. The van der Waals surface area contributed by atoms with Crippen molar-refractivity contribution in [3.8, 4) is 0 Å². The molecule has 0 aromatic rings. The summed E-state index contributed by atoms with van der Waals surface area (Å²) in [6, 6.07) is 0. The van der Waals surface area contributed by atoms with Crippen LogP contribution >= 0.6 is 0 Å². The molecule has 1 aliphatic rings. The van der Waals surface area contributed by atoms with Crippen LogP contribution in [0, 0.1) is 0 Å². The zero-order valence-electron chi connectivity index (χ0n) is 47.7. The summed E-state index contributed by atoms with van der Waals surface area (Å²) in [5, 5.41) is 31.5. The predicted molar refractivity (Wildman–Crippen MR) is 312 cm³/mol. The lowest BCUT2D eigenvalue weighted by atomic mass is 9.98. The third-order valence-corrected chi connectivity index (χ3v) is 12.5. The summed E-state index contributed by atoms with van der Waals surface area (Å²) in [6.07, 6.45) is 58.8. The van der Waals surface area contributed by atoms with Crippen molar-refractivity contribution in [2.24, 2.45) is 0 Å². The van der Waals surface area contributed by atoms with Gasteiger partial charge in [0.25, 0.3) is 0 Å². The van der Waals surface area contributed by atoms with Gasteiger partial charge in [0, 0.05) is 19.3 Å². The highest BCUT2D eigenvalue weighted by Gasteiger charge is 2.50. The largest absolute Gasteiger partial charge is 0.479 e. The summed E-state index contributed by atoms with van der Waals surface area (Å²) < 4.78 is 28.3. The second-order valence-corrected chi connectivity index (χ2v) is 19.5. The van der Waals surface area contributed by atoms with Crippen LogP contribution in [0.3, 0.4) is 0 Å². The Kier molecular flexibility index (Phi) is 47.2. The highest BCUT2D eigenvalue weighted by atomic mass is 16.7. The summed E-state index contributed by atoms with van der Waals surface area (Å²) in [5.74, 6) is -3.26. The molecule has 0 aromatic carbocycles.